The third-order valence-electron chi connectivity index (χ3n) is 3.06. The minimum Gasteiger partial charge on any atom is -0.482 e. The van der Waals surface area contributed by atoms with Crippen LogP contribution in [0.5, 0.6) is 5.75 Å². The van der Waals surface area contributed by atoms with E-state index in [9.17, 15) is 26.4 Å². The molecule has 0 aromatic heterocycles. The van der Waals surface area contributed by atoms with Crippen molar-refractivity contribution >= 4 is 38.9 Å². The molecule has 0 atom stereocenters. The minimum atomic E-state index is -4.59. The molecule has 0 fully saturated rings. The quantitative estimate of drug-likeness (QED) is 0.735. The predicted molar refractivity (Wildman–Crippen MR) is 94.6 cm³/mol. The Morgan fingerprint density at radius 2 is 1.78 bits per heavy atom. The molecule has 0 aliphatic heterocycles. The van der Waals surface area contributed by atoms with Crippen LogP contribution in [0.1, 0.15) is 6.92 Å². The van der Waals surface area contributed by atoms with Gasteiger partial charge in [0, 0.05) is 17.6 Å². The Labute approximate surface area is 158 Å². The summed E-state index contributed by atoms with van der Waals surface area (Å²) in [5.41, 5.74) is 0.149. The topological polar surface area (TPSA) is 84.5 Å². The Morgan fingerprint density at radius 1 is 1.15 bits per heavy atom. The Morgan fingerprint density at radius 3 is 2.33 bits per heavy atom. The van der Waals surface area contributed by atoms with Crippen LogP contribution in [0.4, 0.5) is 24.5 Å². The smallest absolute Gasteiger partial charge is 0.422 e. The number of hydrogen-bond donors (Lipinski definition) is 2. The first-order valence-electron chi connectivity index (χ1n) is 7.36. The van der Waals surface area contributed by atoms with Crippen LogP contribution in [0.15, 0.2) is 47.4 Å². The molecule has 0 spiro atoms. The van der Waals surface area contributed by atoms with Gasteiger partial charge in [-0.15, -0.1) is 0 Å². The van der Waals surface area contributed by atoms with Crippen LogP contribution in [0.3, 0.4) is 0 Å². The van der Waals surface area contributed by atoms with Crippen molar-refractivity contribution in [2.75, 3.05) is 16.6 Å². The van der Waals surface area contributed by atoms with Crippen molar-refractivity contribution < 1.29 is 31.1 Å². The van der Waals surface area contributed by atoms with Gasteiger partial charge in [0.25, 0.3) is 10.0 Å². The normalized spacial score (nSPS) is 11.7. The summed E-state index contributed by atoms with van der Waals surface area (Å²) in [5.74, 6) is -0.649. The van der Waals surface area contributed by atoms with E-state index >= 15 is 0 Å². The number of rotatable bonds is 6. The van der Waals surface area contributed by atoms with E-state index in [-0.39, 0.29) is 27.3 Å². The van der Waals surface area contributed by atoms with Crippen molar-refractivity contribution in [2.45, 2.75) is 18.0 Å². The van der Waals surface area contributed by atoms with Gasteiger partial charge in [-0.3, -0.25) is 9.52 Å². The molecular formula is C16H14ClF3N2O4S. The number of hydrogen-bond acceptors (Lipinski definition) is 4. The Balaban J connectivity index is 2.26. The summed E-state index contributed by atoms with van der Waals surface area (Å²) in [6, 6.07) is 8.74. The maximum absolute atomic E-state index is 12.5. The second-order valence-electron chi connectivity index (χ2n) is 5.36. The van der Waals surface area contributed by atoms with Gasteiger partial charge in [0.1, 0.15) is 5.75 Å². The number of anilines is 2. The highest BCUT2D eigenvalue weighted by molar-refractivity contribution is 7.92. The third kappa shape index (κ3) is 6.33. The molecule has 0 saturated carbocycles. The van der Waals surface area contributed by atoms with Gasteiger partial charge in [0.2, 0.25) is 5.91 Å². The van der Waals surface area contributed by atoms with Gasteiger partial charge >= 0.3 is 6.18 Å². The van der Waals surface area contributed by atoms with Gasteiger partial charge in [0.05, 0.1) is 10.6 Å². The molecule has 1 amide bonds. The first-order valence-corrected chi connectivity index (χ1v) is 9.22. The van der Waals surface area contributed by atoms with E-state index in [0.29, 0.717) is 5.69 Å². The van der Waals surface area contributed by atoms with E-state index in [1.54, 1.807) is 0 Å². The number of nitrogens with one attached hydrogen (secondary N) is 2. The highest BCUT2D eigenvalue weighted by Crippen LogP contribution is 2.31. The van der Waals surface area contributed by atoms with Crippen molar-refractivity contribution in [3.63, 3.8) is 0 Å². The van der Waals surface area contributed by atoms with Crippen LogP contribution in [-0.2, 0) is 14.8 Å². The molecule has 0 aliphatic carbocycles. The second-order valence-corrected chi connectivity index (χ2v) is 7.47. The van der Waals surface area contributed by atoms with Crippen LogP contribution in [-0.4, -0.2) is 27.1 Å². The van der Waals surface area contributed by atoms with E-state index in [1.807, 2.05) is 0 Å². The predicted octanol–water partition coefficient (Wildman–Crippen LogP) is 4.04. The van der Waals surface area contributed by atoms with E-state index in [1.165, 1.54) is 37.3 Å². The zero-order valence-electron chi connectivity index (χ0n) is 13.8. The molecule has 11 heteroatoms. The first-order chi connectivity index (χ1) is 12.5. The van der Waals surface area contributed by atoms with E-state index in [4.69, 9.17) is 11.6 Å². The lowest BCUT2D eigenvalue weighted by Crippen LogP contribution is -2.20. The Hall–Kier alpha value is -2.46. The average Bonchev–Trinajstić information content (AvgIpc) is 2.53. The fraction of sp³-hybridized carbons (Fsp3) is 0.188. The van der Waals surface area contributed by atoms with Crippen LogP contribution in [0, 0.1) is 0 Å². The molecule has 6 nitrogen and oxygen atoms in total. The lowest BCUT2D eigenvalue weighted by molar-refractivity contribution is -0.153. The van der Waals surface area contributed by atoms with Crippen LogP contribution >= 0.6 is 11.6 Å². The molecule has 0 bridgehead atoms. The number of alkyl halides is 3. The SMILES string of the molecule is CC(=O)Nc1ccc(S(=O)(=O)Nc2cc(Cl)ccc2OCC(F)(F)F)cc1. The molecule has 0 saturated heterocycles. The summed E-state index contributed by atoms with van der Waals surface area (Å²) in [4.78, 5) is 10.8. The summed E-state index contributed by atoms with van der Waals surface area (Å²) in [6.07, 6.45) is -4.59. The number of carbonyl (C=O) groups excluding carboxylic acids is 1. The molecule has 2 rings (SSSR count). The van der Waals surface area contributed by atoms with Crippen molar-refractivity contribution in [1.29, 1.82) is 0 Å². The molecule has 0 radical (unpaired) electrons. The fourth-order valence-corrected chi connectivity index (χ4v) is 3.23. The number of sulfonamides is 1. The molecule has 2 N–H and O–H groups in total. The molecule has 27 heavy (non-hydrogen) atoms. The monoisotopic (exact) mass is 422 g/mol. The van der Waals surface area contributed by atoms with E-state index in [2.05, 4.69) is 14.8 Å². The number of benzene rings is 2. The van der Waals surface area contributed by atoms with Gasteiger partial charge in [0.15, 0.2) is 6.61 Å². The first kappa shape index (κ1) is 20.8. The number of amides is 1. The summed E-state index contributed by atoms with van der Waals surface area (Å²) in [7, 11) is -4.13. The molecule has 0 heterocycles. The Bertz CT molecular complexity index is 932. The van der Waals surface area contributed by atoms with Gasteiger partial charge in [-0.05, 0) is 42.5 Å². The maximum Gasteiger partial charge on any atom is 0.422 e. The average molecular weight is 423 g/mol. The lowest BCUT2D eigenvalue weighted by atomic mass is 10.3. The maximum atomic E-state index is 12.5. The zero-order valence-corrected chi connectivity index (χ0v) is 15.4. The second kappa shape index (κ2) is 8.05. The van der Waals surface area contributed by atoms with Crippen LogP contribution in [0.25, 0.3) is 0 Å². The van der Waals surface area contributed by atoms with Crippen molar-refractivity contribution in [2.24, 2.45) is 0 Å². The van der Waals surface area contributed by atoms with Gasteiger partial charge in [-0.2, -0.15) is 13.2 Å². The van der Waals surface area contributed by atoms with Gasteiger partial charge in [-0.25, -0.2) is 8.42 Å². The van der Waals surface area contributed by atoms with Gasteiger partial charge in [-0.1, -0.05) is 11.6 Å². The molecule has 146 valence electrons. The molecule has 2 aromatic carbocycles. The molecular weight excluding hydrogens is 409 g/mol. The van der Waals surface area contributed by atoms with Gasteiger partial charge < -0.3 is 10.1 Å². The summed E-state index contributed by atoms with van der Waals surface area (Å²) in [5, 5.41) is 2.59. The molecule has 0 aliphatic rings. The summed E-state index contributed by atoms with van der Waals surface area (Å²) < 4.78 is 68.8. The van der Waals surface area contributed by atoms with Crippen molar-refractivity contribution in [3.8, 4) is 5.75 Å². The largest absolute Gasteiger partial charge is 0.482 e. The zero-order chi connectivity index (χ0) is 20.2. The lowest BCUT2D eigenvalue weighted by Gasteiger charge is -2.15. The highest BCUT2D eigenvalue weighted by Gasteiger charge is 2.29. The van der Waals surface area contributed by atoms with E-state index in [0.717, 1.165) is 12.1 Å². The van der Waals surface area contributed by atoms with Crippen LogP contribution < -0.4 is 14.8 Å². The van der Waals surface area contributed by atoms with Crippen molar-refractivity contribution in [3.05, 3.63) is 47.5 Å². The van der Waals surface area contributed by atoms with Crippen molar-refractivity contribution in [1.82, 2.24) is 0 Å². The number of halogens is 4. The fourth-order valence-electron chi connectivity index (χ4n) is 1.99. The minimum absolute atomic E-state index is 0.105. The number of carbonyl (C=O) groups is 1. The highest BCUT2D eigenvalue weighted by atomic mass is 35.5. The summed E-state index contributed by atoms with van der Waals surface area (Å²) >= 11 is 5.80. The van der Waals surface area contributed by atoms with E-state index < -0.39 is 22.8 Å². The van der Waals surface area contributed by atoms with Crippen LogP contribution in [0.2, 0.25) is 5.02 Å². The molecule has 0 unspecified atom stereocenters. The molecule has 2 aromatic rings. The number of ether oxygens (including phenoxy) is 1. The standard InChI is InChI=1S/C16H14ClF3N2O4S/c1-10(23)21-12-3-5-13(6-4-12)27(24,25)22-14-8-11(17)2-7-15(14)26-9-16(18,19)20/h2-8,22H,9H2,1H3,(H,21,23). The summed E-state index contributed by atoms with van der Waals surface area (Å²) in [6.45, 7) is -0.289. The Kier molecular flexibility index (Phi) is 6.22. The third-order valence-corrected chi connectivity index (χ3v) is 4.68.